The van der Waals surface area contributed by atoms with E-state index in [4.69, 9.17) is 0 Å². The first-order valence-corrected chi connectivity index (χ1v) is 8.68. The van der Waals surface area contributed by atoms with E-state index in [2.05, 4.69) is 5.32 Å². The second kappa shape index (κ2) is 6.15. The van der Waals surface area contributed by atoms with Crippen molar-refractivity contribution in [2.24, 2.45) is 0 Å². The van der Waals surface area contributed by atoms with Gasteiger partial charge in [-0.05, 0) is 51.3 Å². The van der Waals surface area contributed by atoms with Gasteiger partial charge in [0.05, 0.1) is 4.90 Å². The van der Waals surface area contributed by atoms with Gasteiger partial charge in [0.25, 0.3) is 5.91 Å². The number of carbonyl (C=O) groups excluding carboxylic acids is 1. The molecule has 1 aromatic rings. The lowest BCUT2D eigenvalue weighted by molar-refractivity contribution is 0.0943. The third kappa shape index (κ3) is 3.44. The average Bonchev–Trinajstić information content (AvgIpc) is 2.92. The maximum absolute atomic E-state index is 12.6. The number of hydrogen-bond acceptors (Lipinski definition) is 3. The van der Waals surface area contributed by atoms with Crippen molar-refractivity contribution in [3.8, 4) is 0 Å². The molecule has 0 bridgehead atoms. The molecule has 0 radical (unpaired) electrons. The fourth-order valence-electron chi connectivity index (χ4n) is 2.43. The van der Waals surface area contributed by atoms with Crippen LogP contribution in [0.4, 0.5) is 0 Å². The zero-order valence-corrected chi connectivity index (χ0v) is 13.5. The first-order chi connectivity index (χ1) is 9.82. The van der Waals surface area contributed by atoms with Gasteiger partial charge < -0.3 is 5.32 Å². The molecule has 0 unspecified atom stereocenters. The number of amides is 1. The summed E-state index contributed by atoms with van der Waals surface area (Å²) < 4.78 is 26.8. The number of sulfonamides is 1. The predicted octanol–water partition coefficient (Wildman–Crippen LogP) is 1.92. The third-order valence-corrected chi connectivity index (χ3v) is 5.59. The maximum Gasteiger partial charge on any atom is 0.251 e. The summed E-state index contributed by atoms with van der Waals surface area (Å²) >= 11 is 0. The summed E-state index contributed by atoms with van der Waals surface area (Å²) in [6.45, 7) is 6.61. The summed E-state index contributed by atoms with van der Waals surface area (Å²) in [6.07, 6.45) is 1.79. The van der Waals surface area contributed by atoms with Gasteiger partial charge in [-0.25, -0.2) is 8.42 Å². The number of aryl methyl sites for hydroxylation is 1. The molecule has 1 saturated heterocycles. The molecule has 0 atom stereocenters. The molecule has 0 saturated carbocycles. The molecule has 1 aliphatic heterocycles. The largest absolute Gasteiger partial charge is 0.350 e. The summed E-state index contributed by atoms with van der Waals surface area (Å²) in [6, 6.07) is 4.85. The summed E-state index contributed by atoms with van der Waals surface area (Å²) in [5.41, 5.74) is 1.05. The van der Waals surface area contributed by atoms with E-state index in [9.17, 15) is 13.2 Å². The highest BCUT2D eigenvalue weighted by Gasteiger charge is 2.29. The normalized spacial score (nSPS) is 16.4. The van der Waals surface area contributed by atoms with E-state index < -0.39 is 10.0 Å². The zero-order valence-electron chi connectivity index (χ0n) is 12.7. The molecule has 21 heavy (non-hydrogen) atoms. The van der Waals surface area contributed by atoms with Gasteiger partial charge in [0.2, 0.25) is 10.0 Å². The van der Waals surface area contributed by atoms with Crippen LogP contribution in [0, 0.1) is 6.92 Å². The smallest absolute Gasteiger partial charge is 0.251 e. The lowest BCUT2D eigenvalue weighted by atomic mass is 10.1. The van der Waals surface area contributed by atoms with Crippen LogP contribution < -0.4 is 5.32 Å². The van der Waals surface area contributed by atoms with Gasteiger partial charge in [-0.3, -0.25) is 4.79 Å². The molecule has 116 valence electrons. The molecule has 1 amide bonds. The van der Waals surface area contributed by atoms with Crippen LogP contribution in [0.2, 0.25) is 0 Å². The van der Waals surface area contributed by atoms with Gasteiger partial charge in [-0.15, -0.1) is 0 Å². The Balaban J connectivity index is 2.37. The van der Waals surface area contributed by atoms with Crippen molar-refractivity contribution in [3.05, 3.63) is 29.3 Å². The molecule has 1 aromatic carbocycles. The van der Waals surface area contributed by atoms with E-state index in [0.717, 1.165) is 12.8 Å². The van der Waals surface area contributed by atoms with Crippen molar-refractivity contribution in [2.75, 3.05) is 13.1 Å². The quantitative estimate of drug-likeness (QED) is 0.924. The minimum atomic E-state index is -3.50. The van der Waals surface area contributed by atoms with Gasteiger partial charge in [0, 0.05) is 24.7 Å². The van der Waals surface area contributed by atoms with E-state index in [1.54, 1.807) is 19.1 Å². The van der Waals surface area contributed by atoms with Crippen LogP contribution in [0.25, 0.3) is 0 Å². The monoisotopic (exact) mass is 310 g/mol. The van der Waals surface area contributed by atoms with Crippen LogP contribution in [0.1, 0.15) is 42.6 Å². The Hall–Kier alpha value is -1.40. The molecule has 6 heteroatoms. The molecule has 1 heterocycles. The number of carbonyl (C=O) groups is 1. The number of nitrogens with zero attached hydrogens (tertiary/aromatic N) is 1. The highest BCUT2D eigenvalue weighted by Crippen LogP contribution is 2.24. The van der Waals surface area contributed by atoms with Crippen LogP contribution in [0.3, 0.4) is 0 Å². The molecule has 0 aromatic heterocycles. The molecule has 1 fully saturated rings. The summed E-state index contributed by atoms with van der Waals surface area (Å²) in [5, 5.41) is 2.78. The second-order valence-electron chi connectivity index (χ2n) is 5.72. The van der Waals surface area contributed by atoms with Crippen LogP contribution in [-0.4, -0.2) is 37.8 Å². The van der Waals surface area contributed by atoms with Crippen molar-refractivity contribution < 1.29 is 13.2 Å². The number of hydrogen-bond donors (Lipinski definition) is 1. The van der Waals surface area contributed by atoms with E-state index in [-0.39, 0.29) is 16.8 Å². The summed E-state index contributed by atoms with van der Waals surface area (Å²) in [7, 11) is -3.50. The molecule has 0 spiro atoms. The van der Waals surface area contributed by atoms with Gasteiger partial charge in [-0.2, -0.15) is 4.31 Å². The van der Waals surface area contributed by atoms with Crippen molar-refractivity contribution >= 4 is 15.9 Å². The van der Waals surface area contributed by atoms with Crippen LogP contribution >= 0.6 is 0 Å². The summed E-state index contributed by atoms with van der Waals surface area (Å²) in [4.78, 5) is 12.3. The highest BCUT2D eigenvalue weighted by atomic mass is 32.2. The first kappa shape index (κ1) is 16.0. The standard InChI is InChI=1S/C15H22N2O3S/c1-11(2)16-15(18)13-7-6-12(3)14(10-13)21(19,20)17-8-4-5-9-17/h6-7,10-11H,4-5,8-9H2,1-3H3,(H,16,18). The second-order valence-corrected chi connectivity index (χ2v) is 7.63. The van der Waals surface area contributed by atoms with Gasteiger partial charge in [-0.1, -0.05) is 6.07 Å². The lowest BCUT2D eigenvalue weighted by Gasteiger charge is -2.18. The summed E-state index contributed by atoms with van der Waals surface area (Å²) in [5.74, 6) is -0.247. The Kier molecular flexibility index (Phi) is 4.68. The molecular weight excluding hydrogens is 288 g/mol. The van der Waals surface area contributed by atoms with Crippen molar-refractivity contribution in [1.82, 2.24) is 9.62 Å². The first-order valence-electron chi connectivity index (χ1n) is 7.24. The van der Waals surface area contributed by atoms with Crippen LogP contribution in [-0.2, 0) is 10.0 Å². The molecule has 5 nitrogen and oxygen atoms in total. The number of nitrogens with one attached hydrogen (secondary N) is 1. The maximum atomic E-state index is 12.6. The van der Waals surface area contributed by atoms with Crippen LogP contribution in [0.5, 0.6) is 0 Å². The van der Waals surface area contributed by atoms with E-state index in [1.165, 1.54) is 10.4 Å². The average molecular weight is 310 g/mol. The Labute approximate surface area is 126 Å². The van der Waals surface area contributed by atoms with Gasteiger partial charge >= 0.3 is 0 Å². The fourth-order valence-corrected chi connectivity index (χ4v) is 4.20. The SMILES string of the molecule is Cc1ccc(C(=O)NC(C)C)cc1S(=O)(=O)N1CCCC1. The number of rotatable bonds is 4. The van der Waals surface area contributed by atoms with Crippen molar-refractivity contribution in [2.45, 2.75) is 44.6 Å². The molecule has 0 aliphatic carbocycles. The van der Waals surface area contributed by atoms with Crippen LogP contribution in [0.15, 0.2) is 23.1 Å². The Bertz CT molecular complexity index is 632. The minimum Gasteiger partial charge on any atom is -0.350 e. The van der Waals surface area contributed by atoms with E-state index in [1.807, 2.05) is 13.8 Å². The topological polar surface area (TPSA) is 66.5 Å². The molecule has 1 aliphatic rings. The zero-order chi connectivity index (χ0) is 15.6. The van der Waals surface area contributed by atoms with Crippen molar-refractivity contribution in [1.29, 1.82) is 0 Å². The Morgan fingerprint density at radius 2 is 1.86 bits per heavy atom. The van der Waals surface area contributed by atoms with Gasteiger partial charge in [0.1, 0.15) is 0 Å². The Morgan fingerprint density at radius 1 is 1.24 bits per heavy atom. The van der Waals surface area contributed by atoms with E-state index >= 15 is 0 Å². The van der Waals surface area contributed by atoms with E-state index in [0.29, 0.717) is 24.2 Å². The number of benzene rings is 1. The highest BCUT2D eigenvalue weighted by molar-refractivity contribution is 7.89. The fraction of sp³-hybridized carbons (Fsp3) is 0.533. The third-order valence-electron chi connectivity index (χ3n) is 3.55. The molecular formula is C15H22N2O3S. The Morgan fingerprint density at radius 3 is 2.43 bits per heavy atom. The predicted molar refractivity (Wildman–Crippen MR) is 81.8 cm³/mol. The van der Waals surface area contributed by atoms with Gasteiger partial charge in [0.15, 0.2) is 0 Å². The van der Waals surface area contributed by atoms with Crippen molar-refractivity contribution in [3.63, 3.8) is 0 Å². The minimum absolute atomic E-state index is 0.0115. The molecule has 1 N–H and O–H groups in total. The lowest BCUT2D eigenvalue weighted by Crippen LogP contribution is -2.31. The molecule has 2 rings (SSSR count).